The molecule has 0 saturated heterocycles. The number of nitrogens with one attached hydrogen (secondary N) is 1. The van der Waals surface area contributed by atoms with Gasteiger partial charge >= 0.3 is 0 Å². The van der Waals surface area contributed by atoms with Crippen molar-refractivity contribution in [1.82, 2.24) is 4.98 Å². The average Bonchev–Trinajstić information content (AvgIpc) is 2.90. The molecule has 0 aliphatic carbocycles. The van der Waals surface area contributed by atoms with Gasteiger partial charge in [-0.25, -0.2) is 0 Å². The second-order valence-electron chi connectivity index (χ2n) is 4.17. The number of thiophene rings is 1. The Hall–Kier alpha value is -1.54. The zero-order chi connectivity index (χ0) is 11.0. The van der Waals surface area contributed by atoms with Gasteiger partial charge in [0.25, 0.3) is 0 Å². The number of benzene rings is 1. The maximum atomic E-state index is 3.33. The zero-order valence-electron chi connectivity index (χ0n) is 9.16. The number of hydrogen-bond donors (Lipinski definition) is 1. The first-order chi connectivity index (χ1) is 7.83. The molecule has 80 valence electrons. The van der Waals surface area contributed by atoms with E-state index in [2.05, 4.69) is 53.1 Å². The molecule has 1 N–H and O–H groups in total. The van der Waals surface area contributed by atoms with Crippen LogP contribution >= 0.6 is 11.3 Å². The molecule has 0 unspecified atom stereocenters. The SMILES string of the molecule is Cc1ccc2[nH]cc(Cc3ccsc3)c2c1. The molecule has 0 spiro atoms. The van der Waals surface area contributed by atoms with Gasteiger partial charge in [-0.1, -0.05) is 11.6 Å². The third-order valence-corrected chi connectivity index (χ3v) is 3.63. The molecule has 3 rings (SSSR count). The molecule has 0 aliphatic rings. The summed E-state index contributed by atoms with van der Waals surface area (Å²) in [6, 6.07) is 8.75. The van der Waals surface area contributed by atoms with Crippen LogP contribution in [-0.4, -0.2) is 4.98 Å². The van der Waals surface area contributed by atoms with Crippen molar-refractivity contribution in [1.29, 1.82) is 0 Å². The van der Waals surface area contributed by atoms with Crippen molar-refractivity contribution in [3.63, 3.8) is 0 Å². The summed E-state index contributed by atoms with van der Waals surface area (Å²) >= 11 is 1.76. The minimum atomic E-state index is 1.02. The quantitative estimate of drug-likeness (QED) is 0.677. The molecule has 1 nitrogen and oxygen atoms in total. The minimum absolute atomic E-state index is 1.02. The van der Waals surface area contributed by atoms with Gasteiger partial charge in [0.1, 0.15) is 0 Å². The van der Waals surface area contributed by atoms with Crippen LogP contribution in [0.15, 0.2) is 41.2 Å². The number of aromatic amines is 1. The Morgan fingerprint density at radius 2 is 2.19 bits per heavy atom. The third kappa shape index (κ3) is 1.65. The number of rotatable bonds is 2. The average molecular weight is 227 g/mol. The van der Waals surface area contributed by atoms with Crippen molar-refractivity contribution in [2.24, 2.45) is 0 Å². The van der Waals surface area contributed by atoms with Crippen LogP contribution in [0.25, 0.3) is 10.9 Å². The van der Waals surface area contributed by atoms with Crippen molar-refractivity contribution in [2.75, 3.05) is 0 Å². The number of hydrogen-bond acceptors (Lipinski definition) is 1. The van der Waals surface area contributed by atoms with Crippen LogP contribution in [0, 0.1) is 6.92 Å². The fraction of sp³-hybridized carbons (Fsp3) is 0.143. The van der Waals surface area contributed by atoms with Crippen molar-refractivity contribution in [3.8, 4) is 0 Å². The van der Waals surface area contributed by atoms with E-state index in [0.717, 1.165) is 6.42 Å². The predicted molar refractivity (Wildman–Crippen MR) is 70.2 cm³/mol. The van der Waals surface area contributed by atoms with Gasteiger partial charge in [0.15, 0.2) is 0 Å². The molecule has 0 bridgehead atoms. The molecule has 0 atom stereocenters. The Morgan fingerprint density at radius 1 is 1.25 bits per heavy atom. The van der Waals surface area contributed by atoms with E-state index in [0.29, 0.717) is 0 Å². The minimum Gasteiger partial charge on any atom is -0.361 e. The molecule has 1 aromatic carbocycles. The summed E-state index contributed by atoms with van der Waals surface area (Å²) in [5, 5.41) is 5.70. The molecule has 0 amide bonds. The summed E-state index contributed by atoms with van der Waals surface area (Å²) < 4.78 is 0. The van der Waals surface area contributed by atoms with Crippen molar-refractivity contribution in [3.05, 3.63) is 57.9 Å². The standard InChI is InChI=1S/C14H13NS/c1-10-2-3-14-13(6-10)12(8-15-14)7-11-4-5-16-9-11/h2-6,8-9,15H,7H2,1H3. The molecule has 3 aromatic rings. The van der Waals surface area contributed by atoms with E-state index in [1.54, 1.807) is 11.3 Å². The van der Waals surface area contributed by atoms with Crippen LogP contribution in [0.3, 0.4) is 0 Å². The second-order valence-corrected chi connectivity index (χ2v) is 4.95. The summed E-state index contributed by atoms with van der Waals surface area (Å²) in [4.78, 5) is 3.33. The van der Waals surface area contributed by atoms with E-state index in [-0.39, 0.29) is 0 Å². The Kier molecular flexibility index (Phi) is 2.29. The number of aromatic nitrogens is 1. The van der Waals surface area contributed by atoms with E-state index in [1.807, 2.05) is 0 Å². The Labute approximate surface area is 98.7 Å². The molecule has 2 heteroatoms. The summed E-state index contributed by atoms with van der Waals surface area (Å²) in [7, 11) is 0. The van der Waals surface area contributed by atoms with Gasteiger partial charge in [-0.2, -0.15) is 11.3 Å². The molecular weight excluding hydrogens is 214 g/mol. The Morgan fingerprint density at radius 3 is 3.00 bits per heavy atom. The maximum absolute atomic E-state index is 3.33. The summed E-state index contributed by atoms with van der Waals surface area (Å²) in [6.45, 7) is 2.14. The first kappa shape index (κ1) is 9.67. The Bertz CT molecular complexity index is 605. The summed E-state index contributed by atoms with van der Waals surface area (Å²) in [5.74, 6) is 0. The first-order valence-corrected chi connectivity index (χ1v) is 6.35. The largest absolute Gasteiger partial charge is 0.361 e. The maximum Gasteiger partial charge on any atom is 0.0457 e. The van der Waals surface area contributed by atoms with Gasteiger partial charge < -0.3 is 4.98 Å². The monoisotopic (exact) mass is 227 g/mol. The molecule has 16 heavy (non-hydrogen) atoms. The fourth-order valence-electron chi connectivity index (χ4n) is 2.05. The zero-order valence-corrected chi connectivity index (χ0v) is 9.97. The molecule has 0 radical (unpaired) electrons. The van der Waals surface area contributed by atoms with E-state index in [4.69, 9.17) is 0 Å². The topological polar surface area (TPSA) is 15.8 Å². The number of H-pyrrole nitrogens is 1. The van der Waals surface area contributed by atoms with Crippen molar-refractivity contribution in [2.45, 2.75) is 13.3 Å². The molecule has 0 aliphatic heterocycles. The summed E-state index contributed by atoms with van der Waals surface area (Å²) in [5.41, 5.74) is 5.33. The van der Waals surface area contributed by atoms with Crippen LogP contribution in [0.4, 0.5) is 0 Å². The highest BCUT2D eigenvalue weighted by molar-refractivity contribution is 7.07. The van der Waals surface area contributed by atoms with Crippen molar-refractivity contribution >= 4 is 22.2 Å². The van der Waals surface area contributed by atoms with Gasteiger partial charge in [0.2, 0.25) is 0 Å². The van der Waals surface area contributed by atoms with Crippen LogP contribution in [0.2, 0.25) is 0 Å². The third-order valence-electron chi connectivity index (χ3n) is 2.90. The molecule has 0 saturated carbocycles. The first-order valence-electron chi connectivity index (χ1n) is 5.40. The lowest BCUT2D eigenvalue weighted by Gasteiger charge is -1.98. The second kappa shape index (κ2) is 3.80. The van der Waals surface area contributed by atoms with Crippen molar-refractivity contribution < 1.29 is 0 Å². The van der Waals surface area contributed by atoms with Gasteiger partial charge in [-0.05, 0) is 47.0 Å². The summed E-state index contributed by atoms with van der Waals surface area (Å²) in [6.07, 6.45) is 3.15. The molecule has 0 fully saturated rings. The lowest BCUT2D eigenvalue weighted by atomic mass is 10.1. The highest BCUT2D eigenvalue weighted by Crippen LogP contribution is 2.22. The van der Waals surface area contributed by atoms with Crippen LogP contribution in [0.5, 0.6) is 0 Å². The highest BCUT2D eigenvalue weighted by Gasteiger charge is 2.04. The van der Waals surface area contributed by atoms with Crippen LogP contribution < -0.4 is 0 Å². The molecule has 2 heterocycles. The van der Waals surface area contributed by atoms with Crippen LogP contribution in [-0.2, 0) is 6.42 Å². The van der Waals surface area contributed by atoms with E-state index < -0.39 is 0 Å². The number of aryl methyl sites for hydroxylation is 1. The van der Waals surface area contributed by atoms with Gasteiger partial charge in [0.05, 0.1) is 0 Å². The van der Waals surface area contributed by atoms with E-state index in [9.17, 15) is 0 Å². The number of fused-ring (bicyclic) bond motifs is 1. The lowest BCUT2D eigenvalue weighted by Crippen LogP contribution is -1.83. The van der Waals surface area contributed by atoms with Gasteiger partial charge in [0, 0.05) is 23.5 Å². The fourth-order valence-corrected chi connectivity index (χ4v) is 2.72. The van der Waals surface area contributed by atoms with Crippen LogP contribution in [0.1, 0.15) is 16.7 Å². The Balaban J connectivity index is 2.07. The van der Waals surface area contributed by atoms with Gasteiger partial charge in [-0.15, -0.1) is 0 Å². The lowest BCUT2D eigenvalue weighted by molar-refractivity contribution is 1.22. The highest BCUT2D eigenvalue weighted by atomic mass is 32.1. The normalized spacial score (nSPS) is 11.1. The van der Waals surface area contributed by atoms with Gasteiger partial charge in [-0.3, -0.25) is 0 Å². The molecule has 2 aromatic heterocycles. The smallest absolute Gasteiger partial charge is 0.0457 e. The van der Waals surface area contributed by atoms with E-state index >= 15 is 0 Å². The van der Waals surface area contributed by atoms with E-state index in [1.165, 1.54) is 27.6 Å². The predicted octanol–water partition coefficient (Wildman–Crippen LogP) is 4.13. The molecular formula is C14H13NS.